The first kappa shape index (κ1) is 7.76. The molecular formula is C11H10N2O+. The van der Waals surface area contributed by atoms with Crippen LogP contribution in [0.15, 0.2) is 41.2 Å². The molecule has 69 valence electrons. The maximum Gasteiger partial charge on any atom is 0.244 e. The number of fused-ring (bicyclic) bond motifs is 2. The number of ether oxygens (including phenoxy) is 1. The number of hydrogen-bond acceptors (Lipinski definition) is 3. The Kier molecular flexibility index (Phi) is 1.64. The third kappa shape index (κ3) is 1.14. The molecule has 0 bridgehead atoms. The highest BCUT2D eigenvalue weighted by molar-refractivity contribution is 5.66. The Morgan fingerprint density at radius 1 is 1.29 bits per heavy atom. The van der Waals surface area contributed by atoms with Gasteiger partial charge in [-0.05, 0) is 12.1 Å². The van der Waals surface area contributed by atoms with E-state index in [1.165, 1.54) is 5.56 Å². The summed E-state index contributed by atoms with van der Waals surface area (Å²) in [7, 11) is 0. The van der Waals surface area contributed by atoms with Crippen LogP contribution in [0.5, 0.6) is 5.75 Å². The number of hydrogen-bond donors (Lipinski definition) is 0. The minimum Gasteiger partial charge on any atom is -0.482 e. The van der Waals surface area contributed by atoms with Gasteiger partial charge in [-0.3, -0.25) is 0 Å². The van der Waals surface area contributed by atoms with Crippen LogP contribution in [0.1, 0.15) is 5.56 Å². The first-order chi connectivity index (χ1) is 6.93. The first-order valence-electron chi connectivity index (χ1n) is 4.63. The lowest BCUT2D eigenvalue weighted by molar-refractivity contribution is 0.347. The van der Waals surface area contributed by atoms with E-state index in [4.69, 9.17) is 4.74 Å². The summed E-state index contributed by atoms with van der Waals surface area (Å²) in [5, 5.41) is 0. The number of benzene rings is 1. The molecule has 0 aromatic heterocycles. The lowest BCUT2D eigenvalue weighted by atomic mass is 10.2. The van der Waals surface area contributed by atoms with Crippen molar-refractivity contribution in [3.63, 3.8) is 0 Å². The second-order valence-electron chi connectivity index (χ2n) is 3.41. The van der Waals surface area contributed by atoms with Gasteiger partial charge in [0.05, 0.1) is 11.8 Å². The van der Waals surface area contributed by atoms with Gasteiger partial charge in [-0.1, -0.05) is 17.0 Å². The summed E-state index contributed by atoms with van der Waals surface area (Å²) in [4.78, 5) is 6.22. The van der Waals surface area contributed by atoms with Gasteiger partial charge in [0.1, 0.15) is 5.75 Å². The lowest BCUT2D eigenvalue weighted by Gasteiger charge is -2.01. The van der Waals surface area contributed by atoms with Crippen molar-refractivity contribution >= 4 is 6.34 Å². The largest absolute Gasteiger partial charge is 0.482 e. The second-order valence-corrected chi connectivity index (χ2v) is 3.41. The summed E-state index contributed by atoms with van der Waals surface area (Å²) in [6, 6.07) is 8.13. The molecule has 1 radical (unpaired) electrons. The highest BCUT2D eigenvalue weighted by atomic mass is 16.5. The van der Waals surface area contributed by atoms with E-state index in [1.807, 2.05) is 30.7 Å². The normalized spacial score (nSPS) is 19.3. The number of rotatable bonds is 0. The minimum atomic E-state index is 0.608. The maximum atomic E-state index is 5.67. The molecule has 1 aromatic carbocycles. The van der Waals surface area contributed by atoms with E-state index in [-0.39, 0.29) is 0 Å². The third-order valence-electron chi connectivity index (χ3n) is 2.49. The minimum absolute atomic E-state index is 0.608. The van der Waals surface area contributed by atoms with Gasteiger partial charge in [-0.15, -0.1) is 0 Å². The Labute approximate surface area is 82.3 Å². The molecule has 2 heterocycles. The number of para-hydroxylation sites is 1. The van der Waals surface area contributed by atoms with Crippen LogP contribution in [0.4, 0.5) is 0 Å². The molecule has 2 aliphatic rings. The average molecular weight is 186 g/mol. The van der Waals surface area contributed by atoms with Crippen molar-refractivity contribution in [2.75, 3.05) is 6.61 Å². The molecule has 0 saturated heterocycles. The smallest absolute Gasteiger partial charge is 0.244 e. The van der Waals surface area contributed by atoms with Gasteiger partial charge < -0.3 is 4.74 Å². The monoisotopic (exact) mass is 186 g/mol. The van der Waals surface area contributed by atoms with Gasteiger partial charge >= 0.3 is 0 Å². The van der Waals surface area contributed by atoms with Crippen molar-refractivity contribution in [3.05, 3.63) is 41.7 Å². The number of aliphatic imine (C=N–C) groups is 1. The quantitative estimate of drug-likeness (QED) is 0.565. The van der Waals surface area contributed by atoms with Crippen LogP contribution in [0.2, 0.25) is 0 Å². The molecule has 1 aromatic rings. The molecule has 0 amide bonds. The van der Waals surface area contributed by atoms with Crippen molar-refractivity contribution < 1.29 is 4.74 Å². The van der Waals surface area contributed by atoms with E-state index in [0.29, 0.717) is 6.61 Å². The van der Waals surface area contributed by atoms with E-state index < -0.39 is 0 Å². The Morgan fingerprint density at radius 3 is 3.21 bits per heavy atom. The molecule has 0 spiro atoms. The summed E-state index contributed by atoms with van der Waals surface area (Å²) in [5.74, 6) is 0.983. The van der Waals surface area contributed by atoms with Gasteiger partial charge in [0.25, 0.3) is 0 Å². The highest BCUT2D eigenvalue weighted by Gasteiger charge is 2.29. The zero-order valence-electron chi connectivity index (χ0n) is 7.68. The predicted octanol–water partition coefficient (Wildman–Crippen LogP) is 1.60. The van der Waals surface area contributed by atoms with Gasteiger partial charge in [-0.25, -0.2) is 4.99 Å². The Hall–Kier alpha value is -1.61. The van der Waals surface area contributed by atoms with Gasteiger partial charge in [-0.2, -0.15) is 0 Å². The van der Waals surface area contributed by atoms with Crippen LogP contribution < -0.4 is 9.64 Å². The predicted molar refractivity (Wildman–Crippen MR) is 54.4 cm³/mol. The Morgan fingerprint density at radius 2 is 2.21 bits per heavy atom. The van der Waals surface area contributed by atoms with E-state index in [1.54, 1.807) is 0 Å². The molecule has 0 fully saturated rings. The molecule has 0 N–H and O–H groups in total. The molecule has 3 nitrogen and oxygen atoms in total. The van der Waals surface area contributed by atoms with Gasteiger partial charge in [0.2, 0.25) is 12.0 Å². The molecule has 0 aliphatic carbocycles. The Balaban J connectivity index is 2.01. The molecule has 3 rings (SSSR count). The van der Waals surface area contributed by atoms with Crippen molar-refractivity contribution in [1.82, 2.24) is 4.90 Å². The second kappa shape index (κ2) is 2.96. The van der Waals surface area contributed by atoms with Crippen LogP contribution in [-0.2, 0) is 6.54 Å². The van der Waals surface area contributed by atoms with Crippen LogP contribution in [0.3, 0.4) is 0 Å². The fourth-order valence-electron chi connectivity index (χ4n) is 1.72. The summed E-state index contributed by atoms with van der Waals surface area (Å²) >= 11 is 0. The van der Waals surface area contributed by atoms with E-state index in [2.05, 4.69) is 16.0 Å². The van der Waals surface area contributed by atoms with Crippen molar-refractivity contribution in [1.29, 1.82) is 0 Å². The van der Waals surface area contributed by atoms with Gasteiger partial charge in [0, 0.05) is 0 Å². The van der Waals surface area contributed by atoms with Crippen molar-refractivity contribution in [2.45, 2.75) is 6.54 Å². The summed E-state index contributed by atoms with van der Waals surface area (Å²) in [6.07, 6.45) is 3.70. The molecule has 3 heteroatoms. The molecule has 0 unspecified atom stereocenters. The van der Waals surface area contributed by atoms with Crippen LogP contribution in [0, 0.1) is 0 Å². The Bertz CT molecular complexity index is 423. The van der Waals surface area contributed by atoms with Crippen molar-refractivity contribution in [3.8, 4) is 5.75 Å². The van der Waals surface area contributed by atoms with Crippen LogP contribution in [0.25, 0.3) is 0 Å². The van der Waals surface area contributed by atoms with Crippen LogP contribution in [-0.4, -0.2) is 12.9 Å². The molecule has 14 heavy (non-hydrogen) atoms. The van der Waals surface area contributed by atoms with Gasteiger partial charge in [0.15, 0.2) is 13.2 Å². The molecule has 0 atom stereocenters. The zero-order chi connectivity index (χ0) is 9.38. The lowest BCUT2D eigenvalue weighted by Crippen LogP contribution is -2.25. The maximum absolute atomic E-state index is 5.67. The average Bonchev–Trinajstić information content (AvgIpc) is 2.58. The third-order valence-corrected chi connectivity index (χ3v) is 2.49. The molecule has 2 aliphatic heterocycles. The van der Waals surface area contributed by atoms with E-state index in [9.17, 15) is 0 Å². The fraction of sp³-hybridized carbons (Fsp3) is 0.182. The molecule has 0 saturated carbocycles. The first-order valence-corrected chi connectivity index (χ1v) is 4.63. The number of nitrogens with zero attached hydrogens (tertiary/aromatic N) is 2. The fourth-order valence-corrected chi connectivity index (χ4v) is 1.72. The molecular weight excluding hydrogens is 176 g/mol. The summed E-state index contributed by atoms with van der Waals surface area (Å²) < 4.78 is 5.67. The summed E-state index contributed by atoms with van der Waals surface area (Å²) in [6.45, 7) is 1.46. The van der Waals surface area contributed by atoms with Crippen molar-refractivity contribution in [2.24, 2.45) is 4.99 Å². The summed E-state index contributed by atoms with van der Waals surface area (Å²) in [5.41, 5.74) is 2.34. The topological polar surface area (TPSA) is 27.5 Å². The van der Waals surface area contributed by atoms with E-state index >= 15 is 0 Å². The standard InChI is InChI=1S/C11H10N2O/c1-2-4-11-9(3-1)6-13-8-12-5-10(13)7-14-11/h1-5,8H,6-7H2/q+1. The van der Waals surface area contributed by atoms with Crippen LogP contribution >= 0.6 is 0 Å². The zero-order valence-corrected chi connectivity index (χ0v) is 7.68. The highest BCUT2D eigenvalue weighted by Crippen LogP contribution is 2.25. The SMILES string of the molecule is C1=NC=C2COc3ccccc3C[N+]12. The van der Waals surface area contributed by atoms with E-state index in [0.717, 1.165) is 18.0 Å².